The van der Waals surface area contributed by atoms with E-state index in [1.54, 1.807) is 13.8 Å². The smallest absolute Gasteiger partial charge is 0.248 e. The summed E-state index contributed by atoms with van der Waals surface area (Å²) in [5.41, 5.74) is 0.926. The lowest BCUT2D eigenvalue weighted by Crippen LogP contribution is -2.44. The van der Waals surface area contributed by atoms with E-state index in [9.17, 15) is 22.0 Å². The molecular weight excluding hydrogens is 404 g/mol. The number of carbonyl (C=O) groups is 1. The Morgan fingerprint density at radius 1 is 1.17 bits per heavy atom. The molecule has 2 aliphatic rings. The third-order valence-electron chi connectivity index (χ3n) is 5.65. The van der Waals surface area contributed by atoms with Crippen LogP contribution in [0.3, 0.4) is 0 Å². The average molecular weight is 425 g/mol. The van der Waals surface area contributed by atoms with Gasteiger partial charge in [0.05, 0.1) is 5.69 Å². The van der Waals surface area contributed by atoms with Crippen molar-refractivity contribution in [1.29, 1.82) is 0 Å². The van der Waals surface area contributed by atoms with Crippen molar-refractivity contribution in [2.45, 2.75) is 38.0 Å². The molecule has 0 radical (unpaired) electrons. The van der Waals surface area contributed by atoms with Crippen molar-refractivity contribution in [2.75, 3.05) is 24.5 Å². The molecule has 1 aromatic heterocycles. The van der Waals surface area contributed by atoms with Crippen LogP contribution in [0.5, 0.6) is 0 Å². The van der Waals surface area contributed by atoms with Gasteiger partial charge in [0.1, 0.15) is 22.2 Å². The van der Waals surface area contributed by atoms with E-state index in [2.05, 4.69) is 5.16 Å². The summed E-state index contributed by atoms with van der Waals surface area (Å²) in [6.07, 6.45) is 1.02. The molecule has 3 heterocycles. The van der Waals surface area contributed by atoms with Crippen LogP contribution in [-0.4, -0.2) is 43.4 Å². The number of amides is 1. The van der Waals surface area contributed by atoms with Gasteiger partial charge in [0, 0.05) is 37.2 Å². The number of benzene rings is 1. The molecule has 4 rings (SSSR count). The van der Waals surface area contributed by atoms with E-state index in [-0.39, 0.29) is 35.3 Å². The number of carbonyl (C=O) groups excluding carboxylic acids is 1. The minimum atomic E-state index is -3.76. The average Bonchev–Trinajstić information content (AvgIpc) is 3.24. The zero-order chi connectivity index (χ0) is 20.9. The summed E-state index contributed by atoms with van der Waals surface area (Å²) in [5.74, 6) is -1.75. The van der Waals surface area contributed by atoms with E-state index in [1.807, 2.05) is 0 Å². The fraction of sp³-hybridized carbons (Fsp3) is 0.474. The Morgan fingerprint density at radius 3 is 2.48 bits per heavy atom. The van der Waals surface area contributed by atoms with Gasteiger partial charge in [-0.1, -0.05) is 5.16 Å². The van der Waals surface area contributed by atoms with Gasteiger partial charge in [-0.05, 0) is 39.2 Å². The summed E-state index contributed by atoms with van der Waals surface area (Å²) in [6, 6.07) is 2.01. The van der Waals surface area contributed by atoms with Crippen LogP contribution in [0.2, 0.25) is 0 Å². The highest BCUT2D eigenvalue weighted by Crippen LogP contribution is 2.34. The molecule has 0 spiro atoms. The van der Waals surface area contributed by atoms with Gasteiger partial charge >= 0.3 is 0 Å². The molecule has 7 nitrogen and oxygen atoms in total. The normalized spacial score (nSPS) is 18.3. The Bertz CT molecular complexity index is 1060. The molecule has 0 aliphatic carbocycles. The molecule has 1 amide bonds. The predicted octanol–water partition coefficient (Wildman–Crippen LogP) is 2.56. The zero-order valence-electron chi connectivity index (χ0n) is 16.1. The summed E-state index contributed by atoms with van der Waals surface area (Å²) >= 11 is 0. The van der Waals surface area contributed by atoms with Gasteiger partial charge in [-0.15, -0.1) is 0 Å². The lowest BCUT2D eigenvalue weighted by Gasteiger charge is -2.32. The second-order valence-corrected chi connectivity index (χ2v) is 9.33. The maximum absolute atomic E-state index is 13.9. The summed E-state index contributed by atoms with van der Waals surface area (Å²) < 4.78 is 59.7. The maximum atomic E-state index is 13.9. The van der Waals surface area contributed by atoms with Crippen molar-refractivity contribution in [3.63, 3.8) is 0 Å². The number of anilines is 1. The van der Waals surface area contributed by atoms with Crippen LogP contribution in [0, 0.1) is 31.4 Å². The first kappa shape index (κ1) is 20.0. The lowest BCUT2D eigenvalue weighted by atomic mass is 9.96. The molecule has 0 unspecified atom stereocenters. The Labute approximate surface area is 167 Å². The molecule has 2 aromatic rings. The van der Waals surface area contributed by atoms with Crippen LogP contribution in [0.15, 0.2) is 21.6 Å². The minimum Gasteiger partial charge on any atom is -0.360 e. The van der Waals surface area contributed by atoms with Gasteiger partial charge in [0.2, 0.25) is 15.9 Å². The monoisotopic (exact) mass is 425 g/mol. The number of rotatable bonds is 3. The zero-order valence-corrected chi connectivity index (χ0v) is 16.9. The molecule has 1 aromatic carbocycles. The van der Waals surface area contributed by atoms with Gasteiger partial charge in [0.25, 0.3) is 0 Å². The third kappa shape index (κ3) is 3.33. The molecule has 156 valence electrons. The van der Waals surface area contributed by atoms with E-state index < -0.39 is 27.6 Å². The molecule has 1 saturated heterocycles. The first-order chi connectivity index (χ1) is 13.7. The van der Waals surface area contributed by atoms with Gasteiger partial charge in [-0.3, -0.25) is 4.79 Å². The molecule has 29 heavy (non-hydrogen) atoms. The minimum absolute atomic E-state index is 0.0710. The number of nitrogens with zero attached hydrogens (tertiary/aromatic N) is 3. The van der Waals surface area contributed by atoms with Gasteiger partial charge in [-0.2, -0.15) is 4.31 Å². The van der Waals surface area contributed by atoms with Crippen molar-refractivity contribution in [3.05, 3.63) is 40.8 Å². The number of sulfonamides is 1. The summed E-state index contributed by atoms with van der Waals surface area (Å²) in [4.78, 5) is 14.5. The first-order valence-corrected chi connectivity index (χ1v) is 10.9. The largest absolute Gasteiger partial charge is 0.360 e. The van der Waals surface area contributed by atoms with Crippen LogP contribution in [0.25, 0.3) is 0 Å². The maximum Gasteiger partial charge on any atom is 0.248 e. The van der Waals surface area contributed by atoms with Crippen LogP contribution in [0.1, 0.15) is 29.9 Å². The summed E-state index contributed by atoms with van der Waals surface area (Å²) in [7, 11) is -3.76. The molecule has 1 fully saturated rings. The third-order valence-corrected chi connectivity index (χ3v) is 7.79. The Kier molecular flexibility index (Phi) is 4.94. The number of piperidine rings is 1. The lowest BCUT2D eigenvalue weighted by molar-refractivity contribution is -0.123. The number of halogens is 2. The molecule has 2 aliphatic heterocycles. The fourth-order valence-corrected chi connectivity index (χ4v) is 5.95. The fourth-order valence-electron chi connectivity index (χ4n) is 4.19. The molecule has 0 N–H and O–H groups in total. The summed E-state index contributed by atoms with van der Waals surface area (Å²) in [5, 5.41) is 3.71. The van der Waals surface area contributed by atoms with Gasteiger partial charge in [-0.25, -0.2) is 17.2 Å². The standard InChI is InChI=1S/C19H21F2N3O4S/c1-11-18(12(2)28-22-11)29(26,27)23-6-3-13(4-7-23)19(25)24-8-5-15-16(21)9-14(20)10-17(15)24/h9-10,13H,3-8H2,1-2H3. The first-order valence-electron chi connectivity index (χ1n) is 9.42. The van der Waals surface area contributed by atoms with Gasteiger partial charge < -0.3 is 9.42 Å². The van der Waals surface area contributed by atoms with Crippen LogP contribution in [0.4, 0.5) is 14.5 Å². The SMILES string of the molecule is Cc1noc(C)c1S(=O)(=O)N1CCC(C(=O)N2CCc3c(F)cc(F)cc32)CC1. The van der Waals surface area contributed by atoms with Crippen LogP contribution >= 0.6 is 0 Å². The van der Waals surface area contributed by atoms with E-state index >= 15 is 0 Å². The van der Waals surface area contributed by atoms with Crippen LogP contribution < -0.4 is 4.90 Å². The second kappa shape index (κ2) is 7.17. The van der Waals surface area contributed by atoms with Crippen molar-refractivity contribution >= 4 is 21.6 Å². The number of aryl methyl sites for hydroxylation is 2. The Morgan fingerprint density at radius 2 is 1.86 bits per heavy atom. The van der Waals surface area contributed by atoms with E-state index in [0.717, 1.165) is 6.07 Å². The highest BCUT2D eigenvalue weighted by atomic mass is 32.2. The van der Waals surface area contributed by atoms with Crippen LogP contribution in [-0.2, 0) is 21.2 Å². The Balaban J connectivity index is 1.48. The highest BCUT2D eigenvalue weighted by Gasteiger charge is 2.38. The number of fused-ring (bicyclic) bond motifs is 1. The molecule has 0 atom stereocenters. The number of aromatic nitrogens is 1. The van der Waals surface area contributed by atoms with E-state index in [4.69, 9.17) is 4.52 Å². The second-order valence-electron chi connectivity index (χ2n) is 7.46. The van der Waals surface area contributed by atoms with Crippen molar-refractivity contribution in [3.8, 4) is 0 Å². The molecule has 10 heteroatoms. The predicted molar refractivity (Wildman–Crippen MR) is 99.9 cm³/mol. The van der Waals surface area contributed by atoms with E-state index in [0.29, 0.717) is 37.1 Å². The van der Waals surface area contributed by atoms with Crippen molar-refractivity contribution in [1.82, 2.24) is 9.46 Å². The number of hydrogen-bond donors (Lipinski definition) is 0. The Hall–Kier alpha value is -2.33. The van der Waals surface area contributed by atoms with E-state index in [1.165, 1.54) is 15.3 Å². The topological polar surface area (TPSA) is 83.7 Å². The number of hydrogen-bond acceptors (Lipinski definition) is 5. The molecule has 0 bridgehead atoms. The molecular formula is C19H21F2N3O4S. The quantitative estimate of drug-likeness (QED) is 0.755. The highest BCUT2D eigenvalue weighted by molar-refractivity contribution is 7.89. The van der Waals surface area contributed by atoms with Crippen molar-refractivity contribution in [2.24, 2.45) is 5.92 Å². The van der Waals surface area contributed by atoms with Gasteiger partial charge in [0.15, 0.2) is 5.76 Å². The summed E-state index contributed by atoms with van der Waals surface area (Å²) in [6.45, 7) is 3.78. The molecule has 0 saturated carbocycles. The van der Waals surface area contributed by atoms with Crippen molar-refractivity contribution < 1.29 is 26.5 Å².